The van der Waals surface area contributed by atoms with Crippen molar-refractivity contribution in [2.45, 2.75) is 260 Å². The van der Waals surface area contributed by atoms with Crippen molar-refractivity contribution in [3.05, 3.63) is 143 Å². The maximum Gasteiger partial charge on any atom is 0.410 e. The van der Waals surface area contributed by atoms with E-state index >= 15 is 8.78 Å². The molecule has 0 fully saturated rings. The van der Waals surface area contributed by atoms with E-state index in [0.717, 1.165) is 42.5 Å². The third-order valence-electron chi connectivity index (χ3n) is 16.2. The van der Waals surface area contributed by atoms with Crippen LogP contribution in [0.4, 0.5) is 13.6 Å². The van der Waals surface area contributed by atoms with Crippen molar-refractivity contribution in [2.75, 3.05) is 28.2 Å². The lowest BCUT2D eigenvalue weighted by Gasteiger charge is -2.34. The molecule has 22 heteroatoms. The first-order valence-corrected chi connectivity index (χ1v) is 34.6. The molecule has 101 heavy (non-hydrogen) atoms. The number of rotatable bonds is 32. The lowest BCUT2D eigenvalue weighted by atomic mass is 9.86. The highest BCUT2D eigenvalue weighted by molar-refractivity contribution is 5.92. The zero-order valence-corrected chi connectivity index (χ0v) is 64.0. The van der Waals surface area contributed by atoms with Gasteiger partial charge in [0.25, 0.3) is 11.8 Å². The van der Waals surface area contributed by atoms with Gasteiger partial charge in [0.2, 0.25) is 0 Å². The monoisotopic (exact) mass is 1410 g/mol. The highest BCUT2D eigenvalue weighted by Crippen LogP contribution is 2.29. The number of hydrogen-bond acceptors (Lipinski definition) is 17. The molecule has 1 N–H and O–H groups in total. The molecule has 3 amide bonds. The minimum absolute atomic E-state index is 0.0188. The summed E-state index contributed by atoms with van der Waals surface area (Å²) in [4.78, 5) is 124. The summed E-state index contributed by atoms with van der Waals surface area (Å²) in [6.07, 6.45) is -6.53. The molecule has 0 saturated carbocycles. The number of carbonyl (C=O) groups is 9. The summed E-state index contributed by atoms with van der Waals surface area (Å²) in [6.45, 7) is 33.0. The van der Waals surface area contributed by atoms with Crippen LogP contribution in [0, 0.1) is 11.8 Å². The molecular formula is C79H114F2N4O16. The smallest absolute Gasteiger partial charge is 0.410 e. The third kappa shape index (κ3) is 30.8. The van der Waals surface area contributed by atoms with E-state index < -0.39 is 132 Å². The number of alkyl halides is 2. The molecule has 0 aliphatic carbocycles. The summed E-state index contributed by atoms with van der Waals surface area (Å²) < 4.78 is 69.1. The Hall–Kier alpha value is -8.27. The number of amides is 3. The summed E-state index contributed by atoms with van der Waals surface area (Å²) in [7, 11) is 5.70. The quantitative estimate of drug-likeness (QED) is 0.0353. The van der Waals surface area contributed by atoms with Crippen molar-refractivity contribution in [3.63, 3.8) is 0 Å². The molecular weight excluding hydrogens is 1300 g/mol. The van der Waals surface area contributed by atoms with Crippen molar-refractivity contribution in [3.8, 4) is 0 Å². The van der Waals surface area contributed by atoms with Crippen LogP contribution in [0.2, 0.25) is 0 Å². The average molecular weight is 1410 g/mol. The van der Waals surface area contributed by atoms with Gasteiger partial charge >= 0.3 is 41.9 Å². The number of carbonyl (C=O) groups excluding carboxylic acids is 9. The van der Waals surface area contributed by atoms with Crippen LogP contribution in [-0.4, -0.2) is 162 Å². The van der Waals surface area contributed by atoms with E-state index in [1.807, 2.05) is 88.4 Å². The molecule has 0 saturated heterocycles. The molecule has 0 unspecified atom stereocenters. The van der Waals surface area contributed by atoms with E-state index in [0.29, 0.717) is 12.0 Å². The van der Waals surface area contributed by atoms with Crippen LogP contribution < -0.4 is 5.32 Å². The topological polar surface area (TPSA) is 240 Å². The molecule has 0 aromatic heterocycles. The molecule has 560 valence electrons. The van der Waals surface area contributed by atoms with Crippen molar-refractivity contribution >= 4 is 53.7 Å². The number of hydrogen-bond donors (Lipinski definition) is 1. The normalized spacial score (nSPS) is 14.4. The van der Waals surface area contributed by atoms with Crippen molar-refractivity contribution in [1.82, 2.24) is 20.0 Å². The fraction of sp³-hybridized carbons (Fsp3) is 0.582. The number of nitrogens with zero attached hydrogens (tertiary/aromatic N) is 3. The van der Waals surface area contributed by atoms with Gasteiger partial charge in [0.15, 0.2) is 24.4 Å². The Kier molecular flexibility index (Phi) is 33.3. The van der Waals surface area contributed by atoms with Crippen LogP contribution in [0.1, 0.15) is 191 Å². The van der Waals surface area contributed by atoms with Crippen LogP contribution in [0.15, 0.2) is 109 Å². The molecule has 0 aliphatic rings. The highest BCUT2D eigenvalue weighted by atomic mass is 19.1. The number of likely N-dealkylation sites (N-methyl/N-ethyl adjacent to an activating group) is 4. The largest absolute Gasteiger partial charge is 0.458 e. The van der Waals surface area contributed by atoms with Crippen molar-refractivity contribution < 1.29 is 85.1 Å². The van der Waals surface area contributed by atoms with Gasteiger partial charge in [-0.05, 0) is 138 Å². The first kappa shape index (κ1) is 86.9. The Bertz CT molecular complexity index is 3310. The van der Waals surface area contributed by atoms with Gasteiger partial charge in [0.1, 0.15) is 54.3 Å². The first-order chi connectivity index (χ1) is 46.6. The molecule has 0 bridgehead atoms. The van der Waals surface area contributed by atoms with Gasteiger partial charge < -0.3 is 48.3 Å². The van der Waals surface area contributed by atoms with Crippen molar-refractivity contribution in [1.29, 1.82) is 0 Å². The molecule has 0 radical (unpaired) electrons. The van der Waals surface area contributed by atoms with Gasteiger partial charge in [0, 0.05) is 46.8 Å². The SMILES string of the molecule is CC(C)C[C@@H](C(=O)O[C@H](Cc1ccc(C(C)(C)C)cc1)C(=O)N(C)[C@@H](CC(C)(C)F)C(=O)O[C@H](C)C(=O)OCc1ccccc1)N(C)C(=O)OC(C)(C)C.CN[C@@H](CC(C)C)C(=O)O[C@H](Cc1ccc(C(C)(C)C)cc1)C(=O)N(C)[C@@H](CC(C)(C)F)C(=O)O[C@H](C)C(=O)OCc1ccccc1. The van der Waals surface area contributed by atoms with Gasteiger partial charge in [-0.15, -0.1) is 0 Å². The minimum atomic E-state index is -1.96. The number of halogens is 2. The second kappa shape index (κ2) is 38.7. The van der Waals surface area contributed by atoms with Crippen molar-refractivity contribution in [2.24, 2.45) is 11.8 Å². The lowest BCUT2D eigenvalue weighted by Crippen LogP contribution is -2.53. The van der Waals surface area contributed by atoms with E-state index in [4.69, 9.17) is 33.2 Å². The van der Waals surface area contributed by atoms with E-state index in [9.17, 15) is 43.2 Å². The zero-order valence-electron chi connectivity index (χ0n) is 64.0. The van der Waals surface area contributed by atoms with Crippen LogP contribution >= 0.6 is 0 Å². The number of nitrogens with one attached hydrogen (secondary N) is 1. The maximum absolute atomic E-state index is 15.3. The number of benzene rings is 4. The van der Waals surface area contributed by atoms with E-state index in [2.05, 4.69) is 46.9 Å². The van der Waals surface area contributed by atoms with Gasteiger partial charge in [-0.3, -0.25) is 19.3 Å². The summed E-state index contributed by atoms with van der Waals surface area (Å²) >= 11 is 0. The molecule has 20 nitrogen and oxygen atoms in total. The van der Waals surface area contributed by atoms with E-state index in [1.165, 1.54) is 62.7 Å². The zero-order chi connectivity index (χ0) is 76.7. The van der Waals surface area contributed by atoms with E-state index in [-0.39, 0.29) is 55.1 Å². The van der Waals surface area contributed by atoms with Gasteiger partial charge in [-0.2, -0.15) is 0 Å². The van der Waals surface area contributed by atoms with Gasteiger partial charge in [-0.1, -0.05) is 178 Å². The average Bonchev–Trinajstić information content (AvgIpc) is 0.820. The summed E-state index contributed by atoms with van der Waals surface area (Å²) in [6, 6.07) is 28.4. The number of esters is 6. The fourth-order valence-electron chi connectivity index (χ4n) is 10.4. The predicted molar refractivity (Wildman–Crippen MR) is 383 cm³/mol. The minimum Gasteiger partial charge on any atom is -0.458 e. The summed E-state index contributed by atoms with van der Waals surface area (Å²) in [5.41, 5.74) is 0.106. The second-order valence-electron chi connectivity index (χ2n) is 31.0. The summed E-state index contributed by atoms with van der Waals surface area (Å²) in [5, 5.41) is 2.95. The van der Waals surface area contributed by atoms with E-state index in [1.54, 1.807) is 76.3 Å². The molecule has 0 heterocycles. The first-order valence-electron chi connectivity index (χ1n) is 34.6. The Balaban J connectivity index is 0.000000530. The van der Waals surface area contributed by atoms with Crippen LogP contribution in [0.3, 0.4) is 0 Å². The molecule has 0 aliphatic heterocycles. The molecule has 0 spiro atoms. The van der Waals surface area contributed by atoms with Crippen LogP contribution in [0.25, 0.3) is 0 Å². The highest BCUT2D eigenvalue weighted by Gasteiger charge is 2.43. The molecule has 8 atom stereocenters. The standard InChI is InChI=1S/C42H61FN2O9.C37H53FN2O7/c1-27(2)23-32(45(13)39(50)54-41(7,8)9)37(48)53-34(24-29-19-21-31(22-20-29)40(4,5)6)35(46)44(12)33(25-42(10,11)43)38(49)52-28(3)36(47)51-26-30-17-15-14-16-18-30;1-24(2)20-29(39-9)34(43)47-31(21-26-16-18-28(19-17-26)36(4,5)6)32(41)40(10)30(22-37(7,8)38)35(44)46-25(3)33(42)45-23-27-14-12-11-13-15-27/h14-22,27-28,32-34H,23-26H2,1-13H3;11-19,24-25,29-31,39H,20-23H2,1-10H3/t28-,32+,33+,34-;25-,29+,30+,31-/m11/s1. The Morgan fingerprint density at radius 2 is 0.752 bits per heavy atom. The van der Waals surface area contributed by atoms with Gasteiger partial charge in [0.05, 0.1) is 0 Å². The molecule has 4 aromatic carbocycles. The lowest BCUT2D eigenvalue weighted by molar-refractivity contribution is -0.175. The molecule has 4 rings (SSSR count). The predicted octanol–water partition coefficient (Wildman–Crippen LogP) is 13.1. The van der Waals surface area contributed by atoms with Crippen LogP contribution in [-0.2, 0) is 108 Å². The second-order valence-corrected chi connectivity index (χ2v) is 31.0. The van der Waals surface area contributed by atoms with Gasteiger partial charge in [-0.25, -0.2) is 37.5 Å². The number of ether oxygens (including phenoxy) is 7. The third-order valence-corrected chi connectivity index (χ3v) is 16.2. The molecule has 4 aromatic rings. The maximum atomic E-state index is 15.3. The Labute approximate surface area is 598 Å². The summed E-state index contributed by atoms with van der Waals surface area (Å²) in [5.74, 6) is -6.49. The Morgan fingerprint density at radius 3 is 1.06 bits per heavy atom. The fourth-order valence-corrected chi connectivity index (χ4v) is 10.4. The van der Waals surface area contributed by atoms with Crippen LogP contribution in [0.5, 0.6) is 0 Å². The Morgan fingerprint density at radius 1 is 0.416 bits per heavy atom.